The Balaban J connectivity index is 1.69. The first-order valence-electron chi connectivity index (χ1n) is 6.79. The van der Waals surface area contributed by atoms with E-state index < -0.39 is 0 Å². The molecule has 1 heterocycles. The highest BCUT2D eigenvalue weighted by molar-refractivity contribution is 5.49. The van der Waals surface area contributed by atoms with Gasteiger partial charge in [-0.25, -0.2) is 4.98 Å². The Hall–Kier alpha value is -1.29. The van der Waals surface area contributed by atoms with E-state index in [1.165, 1.54) is 12.8 Å². The van der Waals surface area contributed by atoms with Crippen molar-refractivity contribution in [2.75, 3.05) is 31.7 Å². The van der Waals surface area contributed by atoms with E-state index in [2.05, 4.69) is 17.2 Å². The van der Waals surface area contributed by atoms with Crippen molar-refractivity contribution in [3.8, 4) is 5.75 Å². The molecule has 1 aromatic rings. The van der Waals surface area contributed by atoms with Crippen LogP contribution in [0.25, 0.3) is 0 Å². The number of rotatable bonds is 9. The SMILES string of the molecule is CCCOc1cccnc1NCCOCC1CC1. The summed E-state index contributed by atoms with van der Waals surface area (Å²) in [4.78, 5) is 4.29. The van der Waals surface area contributed by atoms with Crippen LogP contribution in [0.3, 0.4) is 0 Å². The van der Waals surface area contributed by atoms with Gasteiger partial charge in [-0.15, -0.1) is 0 Å². The van der Waals surface area contributed by atoms with E-state index in [-0.39, 0.29) is 0 Å². The van der Waals surface area contributed by atoms with Gasteiger partial charge in [0, 0.05) is 19.3 Å². The molecule has 0 spiro atoms. The van der Waals surface area contributed by atoms with Crippen molar-refractivity contribution in [3.63, 3.8) is 0 Å². The van der Waals surface area contributed by atoms with Crippen molar-refractivity contribution in [2.24, 2.45) is 5.92 Å². The van der Waals surface area contributed by atoms with Crippen LogP contribution in [0.5, 0.6) is 5.75 Å². The van der Waals surface area contributed by atoms with Gasteiger partial charge in [0.05, 0.1) is 13.2 Å². The highest BCUT2D eigenvalue weighted by atomic mass is 16.5. The summed E-state index contributed by atoms with van der Waals surface area (Å²) < 4.78 is 11.2. The lowest BCUT2D eigenvalue weighted by atomic mass is 10.4. The molecule has 1 N–H and O–H groups in total. The summed E-state index contributed by atoms with van der Waals surface area (Å²) in [6.45, 7) is 5.21. The summed E-state index contributed by atoms with van der Waals surface area (Å²) in [7, 11) is 0. The molecule has 0 amide bonds. The van der Waals surface area contributed by atoms with Gasteiger partial charge >= 0.3 is 0 Å². The third-order valence-electron chi connectivity index (χ3n) is 2.82. The van der Waals surface area contributed by atoms with E-state index in [0.717, 1.165) is 50.3 Å². The number of ether oxygens (including phenoxy) is 2. The molecule has 0 bridgehead atoms. The zero-order chi connectivity index (χ0) is 12.6. The van der Waals surface area contributed by atoms with Crippen molar-refractivity contribution in [1.82, 2.24) is 4.98 Å². The average molecular weight is 250 g/mol. The quantitative estimate of drug-likeness (QED) is 0.684. The minimum atomic E-state index is 0.721. The summed E-state index contributed by atoms with van der Waals surface area (Å²) in [6, 6.07) is 3.83. The van der Waals surface area contributed by atoms with Crippen molar-refractivity contribution >= 4 is 5.82 Å². The summed E-state index contributed by atoms with van der Waals surface area (Å²) in [5.74, 6) is 2.45. The van der Waals surface area contributed by atoms with Gasteiger partial charge in [-0.3, -0.25) is 0 Å². The molecular formula is C14H22N2O2. The van der Waals surface area contributed by atoms with Crippen LogP contribution >= 0.6 is 0 Å². The fraction of sp³-hybridized carbons (Fsp3) is 0.643. The fourth-order valence-corrected chi connectivity index (χ4v) is 1.63. The number of hydrogen-bond donors (Lipinski definition) is 1. The van der Waals surface area contributed by atoms with Crippen LogP contribution in [0.2, 0.25) is 0 Å². The molecule has 2 rings (SSSR count). The Morgan fingerprint density at radius 3 is 3.06 bits per heavy atom. The van der Waals surface area contributed by atoms with Crippen LogP contribution in [0.1, 0.15) is 26.2 Å². The molecule has 4 heteroatoms. The molecule has 0 unspecified atom stereocenters. The third kappa shape index (κ3) is 4.53. The number of pyridine rings is 1. The minimum absolute atomic E-state index is 0.721. The predicted octanol–water partition coefficient (Wildman–Crippen LogP) is 2.71. The molecule has 4 nitrogen and oxygen atoms in total. The second-order valence-electron chi connectivity index (χ2n) is 4.64. The number of aromatic nitrogens is 1. The summed E-state index contributed by atoms with van der Waals surface area (Å²) in [5, 5.41) is 3.26. The molecule has 0 saturated heterocycles. The van der Waals surface area contributed by atoms with Gasteiger partial charge in [0.1, 0.15) is 0 Å². The Bertz CT molecular complexity index is 353. The molecular weight excluding hydrogens is 228 g/mol. The second-order valence-corrected chi connectivity index (χ2v) is 4.64. The first-order chi connectivity index (χ1) is 8.90. The van der Waals surface area contributed by atoms with E-state index in [0.29, 0.717) is 0 Å². The smallest absolute Gasteiger partial charge is 0.168 e. The lowest BCUT2D eigenvalue weighted by molar-refractivity contribution is 0.133. The summed E-state index contributed by atoms with van der Waals surface area (Å²) >= 11 is 0. The van der Waals surface area contributed by atoms with E-state index in [1.807, 2.05) is 12.1 Å². The van der Waals surface area contributed by atoms with Crippen molar-refractivity contribution in [3.05, 3.63) is 18.3 Å². The van der Waals surface area contributed by atoms with Gasteiger partial charge < -0.3 is 14.8 Å². The van der Waals surface area contributed by atoms with Gasteiger partial charge in [0.15, 0.2) is 11.6 Å². The van der Waals surface area contributed by atoms with Crippen LogP contribution in [0, 0.1) is 5.92 Å². The molecule has 0 atom stereocenters. The fourth-order valence-electron chi connectivity index (χ4n) is 1.63. The maximum Gasteiger partial charge on any atom is 0.168 e. The molecule has 0 radical (unpaired) electrons. The topological polar surface area (TPSA) is 43.4 Å². The normalized spacial score (nSPS) is 14.5. The van der Waals surface area contributed by atoms with E-state index >= 15 is 0 Å². The van der Waals surface area contributed by atoms with Crippen LogP contribution in [0.4, 0.5) is 5.82 Å². The van der Waals surface area contributed by atoms with E-state index in [9.17, 15) is 0 Å². The van der Waals surface area contributed by atoms with Gasteiger partial charge in [-0.2, -0.15) is 0 Å². The van der Waals surface area contributed by atoms with Crippen molar-refractivity contribution in [1.29, 1.82) is 0 Å². The number of anilines is 1. The van der Waals surface area contributed by atoms with Crippen LogP contribution in [-0.4, -0.2) is 31.3 Å². The maximum absolute atomic E-state index is 5.63. The molecule has 1 saturated carbocycles. The van der Waals surface area contributed by atoms with Crippen molar-refractivity contribution < 1.29 is 9.47 Å². The number of nitrogens with one attached hydrogen (secondary N) is 1. The maximum atomic E-state index is 5.63. The standard InChI is InChI=1S/C14H22N2O2/c1-2-9-18-13-4-3-7-15-14(13)16-8-10-17-11-12-5-6-12/h3-4,7,12H,2,5-6,8-11H2,1H3,(H,15,16). The average Bonchev–Trinajstić information content (AvgIpc) is 3.21. The number of hydrogen-bond acceptors (Lipinski definition) is 4. The van der Waals surface area contributed by atoms with Crippen LogP contribution < -0.4 is 10.1 Å². The molecule has 18 heavy (non-hydrogen) atoms. The van der Waals surface area contributed by atoms with Gasteiger partial charge in [-0.1, -0.05) is 6.92 Å². The lowest BCUT2D eigenvalue weighted by Crippen LogP contribution is -2.12. The Labute approximate surface area is 109 Å². The van der Waals surface area contributed by atoms with E-state index in [1.54, 1.807) is 6.20 Å². The Morgan fingerprint density at radius 2 is 2.28 bits per heavy atom. The second kappa shape index (κ2) is 7.21. The molecule has 0 aliphatic heterocycles. The molecule has 1 aliphatic rings. The summed E-state index contributed by atoms with van der Waals surface area (Å²) in [5.41, 5.74) is 0. The zero-order valence-corrected chi connectivity index (χ0v) is 11.0. The zero-order valence-electron chi connectivity index (χ0n) is 11.0. The first-order valence-corrected chi connectivity index (χ1v) is 6.79. The molecule has 1 aliphatic carbocycles. The first kappa shape index (κ1) is 13.1. The van der Waals surface area contributed by atoms with Crippen LogP contribution in [0.15, 0.2) is 18.3 Å². The van der Waals surface area contributed by atoms with Crippen LogP contribution in [-0.2, 0) is 4.74 Å². The minimum Gasteiger partial charge on any atom is -0.490 e. The number of nitrogens with zero attached hydrogens (tertiary/aromatic N) is 1. The Kier molecular flexibility index (Phi) is 5.27. The largest absolute Gasteiger partial charge is 0.490 e. The third-order valence-corrected chi connectivity index (χ3v) is 2.82. The summed E-state index contributed by atoms with van der Waals surface area (Å²) in [6.07, 6.45) is 5.44. The molecule has 1 aromatic heterocycles. The Morgan fingerprint density at radius 1 is 1.39 bits per heavy atom. The van der Waals surface area contributed by atoms with E-state index in [4.69, 9.17) is 9.47 Å². The molecule has 100 valence electrons. The van der Waals surface area contributed by atoms with Gasteiger partial charge in [0.25, 0.3) is 0 Å². The highest BCUT2D eigenvalue weighted by Crippen LogP contribution is 2.28. The lowest BCUT2D eigenvalue weighted by Gasteiger charge is -2.11. The molecule has 0 aromatic carbocycles. The predicted molar refractivity (Wildman–Crippen MR) is 72.1 cm³/mol. The monoisotopic (exact) mass is 250 g/mol. The van der Waals surface area contributed by atoms with Gasteiger partial charge in [0.2, 0.25) is 0 Å². The molecule has 1 fully saturated rings. The van der Waals surface area contributed by atoms with Gasteiger partial charge in [-0.05, 0) is 37.3 Å². The van der Waals surface area contributed by atoms with Crippen molar-refractivity contribution in [2.45, 2.75) is 26.2 Å². The highest BCUT2D eigenvalue weighted by Gasteiger charge is 2.20.